The molecule has 0 aliphatic heterocycles. The van der Waals surface area contributed by atoms with Crippen molar-refractivity contribution < 1.29 is 4.79 Å². The van der Waals surface area contributed by atoms with Gasteiger partial charge in [-0.1, -0.05) is 25.5 Å². The number of hydrogen-bond acceptors (Lipinski definition) is 1. The molecule has 0 aliphatic carbocycles. The zero-order valence-corrected chi connectivity index (χ0v) is 11.1. The van der Waals surface area contributed by atoms with Crippen LogP contribution in [-0.2, 0) is 11.2 Å². The van der Waals surface area contributed by atoms with Gasteiger partial charge in [0.15, 0.2) is 0 Å². The van der Waals surface area contributed by atoms with E-state index in [0.29, 0.717) is 12.3 Å². The van der Waals surface area contributed by atoms with Crippen LogP contribution in [0.4, 0.5) is 5.69 Å². The number of hydrogen-bond donors (Lipinski definition) is 1. The fourth-order valence-electron chi connectivity index (χ4n) is 1.65. The monoisotopic (exact) mass is 253 g/mol. The number of carbonyl (C=O) groups excluding carboxylic acids is 1. The molecule has 0 atom stereocenters. The number of aryl methyl sites for hydroxylation is 1. The van der Waals surface area contributed by atoms with Crippen molar-refractivity contribution in [1.82, 2.24) is 0 Å². The van der Waals surface area contributed by atoms with Gasteiger partial charge in [0.05, 0.1) is 0 Å². The first-order valence-electron chi connectivity index (χ1n) is 6.21. The van der Waals surface area contributed by atoms with Crippen molar-refractivity contribution in [2.45, 2.75) is 39.0 Å². The van der Waals surface area contributed by atoms with E-state index in [9.17, 15) is 4.79 Å². The summed E-state index contributed by atoms with van der Waals surface area (Å²) in [6, 6.07) is 8.06. The molecule has 0 aromatic heterocycles. The lowest BCUT2D eigenvalue weighted by Gasteiger charge is -2.06. The van der Waals surface area contributed by atoms with Crippen molar-refractivity contribution in [2.24, 2.45) is 0 Å². The van der Waals surface area contributed by atoms with Crippen LogP contribution in [0, 0.1) is 0 Å². The normalized spacial score (nSPS) is 10.2. The van der Waals surface area contributed by atoms with Gasteiger partial charge >= 0.3 is 0 Å². The SMILES string of the molecule is CCCc1ccc(NC(=O)CCCCCl)cc1. The minimum absolute atomic E-state index is 0.0679. The van der Waals surface area contributed by atoms with E-state index in [1.165, 1.54) is 5.56 Å². The average molecular weight is 254 g/mol. The molecule has 0 heterocycles. The highest BCUT2D eigenvalue weighted by molar-refractivity contribution is 6.17. The second kappa shape index (κ2) is 8.13. The Bertz CT molecular complexity index is 335. The van der Waals surface area contributed by atoms with Crippen LogP contribution in [0.5, 0.6) is 0 Å². The molecule has 0 aliphatic rings. The number of anilines is 1. The molecule has 17 heavy (non-hydrogen) atoms. The van der Waals surface area contributed by atoms with E-state index in [0.717, 1.165) is 31.4 Å². The number of rotatable bonds is 7. The topological polar surface area (TPSA) is 29.1 Å². The molecule has 1 rings (SSSR count). The maximum absolute atomic E-state index is 11.5. The zero-order chi connectivity index (χ0) is 12.5. The Morgan fingerprint density at radius 3 is 2.53 bits per heavy atom. The van der Waals surface area contributed by atoms with Gasteiger partial charge in [0.1, 0.15) is 0 Å². The smallest absolute Gasteiger partial charge is 0.224 e. The molecule has 1 N–H and O–H groups in total. The largest absolute Gasteiger partial charge is 0.326 e. The molecule has 0 fully saturated rings. The molecule has 1 aromatic carbocycles. The molecule has 0 bridgehead atoms. The highest BCUT2D eigenvalue weighted by Crippen LogP contribution is 2.11. The summed E-state index contributed by atoms with van der Waals surface area (Å²) in [5.74, 6) is 0.692. The summed E-state index contributed by atoms with van der Waals surface area (Å²) in [4.78, 5) is 11.5. The van der Waals surface area contributed by atoms with Gasteiger partial charge in [0.2, 0.25) is 5.91 Å². The van der Waals surface area contributed by atoms with E-state index in [2.05, 4.69) is 24.4 Å². The number of amides is 1. The molecule has 0 spiro atoms. The lowest BCUT2D eigenvalue weighted by atomic mass is 10.1. The Morgan fingerprint density at radius 2 is 1.94 bits per heavy atom. The third-order valence-electron chi connectivity index (χ3n) is 2.56. The number of carbonyl (C=O) groups is 1. The Kier molecular flexibility index (Phi) is 6.71. The Labute approximate surface area is 108 Å². The standard InChI is InChI=1S/C14H20ClNO/c1-2-5-12-7-9-13(10-8-12)16-14(17)6-3-4-11-15/h7-10H,2-6,11H2,1H3,(H,16,17). The molecule has 1 amide bonds. The van der Waals surface area contributed by atoms with Gasteiger partial charge in [-0.15, -0.1) is 11.6 Å². The summed E-state index contributed by atoms with van der Waals surface area (Å²) in [5.41, 5.74) is 2.19. The summed E-state index contributed by atoms with van der Waals surface area (Å²) in [6.45, 7) is 2.16. The van der Waals surface area contributed by atoms with Gasteiger partial charge in [-0.05, 0) is 37.0 Å². The van der Waals surface area contributed by atoms with Crippen molar-refractivity contribution in [3.05, 3.63) is 29.8 Å². The van der Waals surface area contributed by atoms with Crippen LogP contribution in [0.25, 0.3) is 0 Å². The van der Waals surface area contributed by atoms with Gasteiger partial charge in [-0.3, -0.25) is 4.79 Å². The van der Waals surface area contributed by atoms with Crippen LogP contribution in [-0.4, -0.2) is 11.8 Å². The molecule has 1 aromatic rings. The van der Waals surface area contributed by atoms with Crippen molar-refractivity contribution in [3.8, 4) is 0 Å². The van der Waals surface area contributed by atoms with E-state index < -0.39 is 0 Å². The van der Waals surface area contributed by atoms with Crippen LogP contribution in [0.1, 0.15) is 38.2 Å². The molecule has 0 unspecified atom stereocenters. The third kappa shape index (κ3) is 5.73. The first-order valence-corrected chi connectivity index (χ1v) is 6.74. The summed E-state index contributed by atoms with van der Waals surface area (Å²) in [6.07, 6.45) is 4.52. The molecule has 0 saturated carbocycles. The highest BCUT2D eigenvalue weighted by atomic mass is 35.5. The summed E-state index contributed by atoms with van der Waals surface area (Å²) in [5, 5.41) is 2.89. The second-order valence-electron chi connectivity index (χ2n) is 4.14. The molecule has 3 heteroatoms. The fourth-order valence-corrected chi connectivity index (χ4v) is 1.84. The van der Waals surface area contributed by atoms with Crippen molar-refractivity contribution >= 4 is 23.2 Å². The zero-order valence-electron chi connectivity index (χ0n) is 10.3. The van der Waals surface area contributed by atoms with E-state index in [-0.39, 0.29) is 5.91 Å². The van der Waals surface area contributed by atoms with Crippen molar-refractivity contribution in [1.29, 1.82) is 0 Å². The Morgan fingerprint density at radius 1 is 1.24 bits per heavy atom. The van der Waals surface area contributed by atoms with Crippen molar-refractivity contribution in [3.63, 3.8) is 0 Å². The van der Waals surface area contributed by atoms with Crippen LogP contribution in [0.15, 0.2) is 24.3 Å². The minimum atomic E-state index is 0.0679. The second-order valence-corrected chi connectivity index (χ2v) is 4.52. The maximum Gasteiger partial charge on any atom is 0.224 e. The van der Waals surface area contributed by atoms with Gasteiger partial charge < -0.3 is 5.32 Å². The van der Waals surface area contributed by atoms with Crippen LogP contribution in [0.2, 0.25) is 0 Å². The summed E-state index contributed by atoms with van der Waals surface area (Å²) < 4.78 is 0. The van der Waals surface area contributed by atoms with Gasteiger partial charge in [-0.25, -0.2) is 0 Å². The van der Waals surface area contributed by atoms with E-state index in [1.54, 1.807) is 0 Å². The molecule has 94 valence electrons. The van der Waals surface area contributed by atoms with Crippen molar-refractivity contribution in [2.75, 3.05) is 11.2 Å². The molecular weight excluding hydrogens is 234 g/mol. The van der Waals surface area contributed by atoms with E-state index >= 15 is 0 Å². The summed E-state index contributed by atoms with van der Waals surface area (Å²) in [7, 11) is 0. The molecule has 0 saturated heterocycles. The van der Waals surface area contributed by atoms with E-state index in [4.69, 9.17) is 11.6 Å². The fraction of sp³-hybridized carbons (Fsp3) is 0.500. The number of unbranched alkanes of at least 4 members (excludes halogenated alkanes) is 1. The van der Waals surface area contributed by atoms with Gasteiger partial charge in [-0.2, -0.15) is 0 Å². The minimum Gasteiger partial charge on any atom is -0.326 e. The van der Waals surface area contributed by atoms with Gasteiger partial charge in [0.25, 0.3) is 0 Å². The number of benzene rings is 1. The molecular formula is C14H20ClNO. The lowest BCUT2D eigenvalue weighted by molar-refractivity contribution is -0.116. The number of halogens is 1. The van der Waals surface area contributed by atoms with E-state index in [1.807, 2.05) is 12.1 Å². The Balaban J connectivity index is 2.37. The predicted octanol–water partition coefficient (Wildman–Crippen LogP) is 3.99. The Hall–Kier alpha value is -1.02. The summed E-state index contributed by atoms with van der Waals surface area (Å²) >= 11 is 5.56. The third-order valence-corrected chi connectivity index (χ3v) is 2.83. The molecule has 2 nitrogen and oxygen atoms in total. The maximum atomic E-state index is 11.5. The average Bonchev–Trinajstić information content (AvgIpc) is 2.32. The first-order chi connectivity index (χ1) is 8.26. The van der Waals surface area contributed by atoms with Gasteiger partial charge in [0, 0.05) is 18.0 Å². The predicted molar refractivity (Wildman–Crippen MR) is 73.6 cm³/mol. The highest BCUT2D eigenvalue weighted by Gasteiger charge is 2.01. The quantitative estimate of drug-likeness (QED) is 0.578. The van der Waals surface area contributed by atoms with Crippen LogP contribution < -0.4 is 5.32 Å². The lowest BCUT2D eigenvalue weighted by Crippen LogP contribution is -2.11. The molecule has 0 radical (unpaired) electrons. The first kappa shape index (κ1) is 14.0. The van der Waals surface area contributed by atoms with Crippen LogP contribution in [0.3, 0.4) is 0 Å². The number of alkyl halides is 1. The van der Waals surface area contributed by atoms with Crippen LogP contribution >= 0.6 is 11.6 Å². The number of nitrogens with one attached hydrogen (secondary N) is 1.